The van der Waals surface area contributed by atoms with Crippen LogP contribution in [-0.4, -0.2) is 5.84 Å². The van der Waals surface area contributed by atoms with Crippen molar-refractivity contribution in [1.29, 1.82) is 5.41 Å². The highest BCUT2D eigenvalue weighted by Gasteiger charge is 1.98. The van der Waals surface area contributed by atoms with E-state index in [1.165, 1.54) is 5.56 Å². The van der Waals surface area contributed by atoms with Crippen LogP contribution in [0.1, 0.15) is 11.1 Å². The van der Waals surface area contributed by atoms with Crippen molar-refractivity contribution in [3.63, 3.8) is 0 Å². The van der Waals surface area contributed by atoms with E-state index in [1.807, 2.05) is 23.6 Å². The summed E-state index contributed by atoms with van der Waals surface area (Å²) in [6, 6.07) is 9.25. The molecule has 0 aliphatic carbocycles. The number of hydrogen-bond acceptors (Lipinski definition) is 3. The number of rotatable bonds is 4. The highest BCUT2D eigenvalue weighted by atomic mass is 32.1. The van der Waals surface area contributed by atoms with Gasteiger partial charge < -0.3 is 10.5 Å². The summed E-state index contributed by atoms with van der Waals surface area (Å²) < 4.78 is 5.58. The van der Waals surface area contributed by atoms with Gasteiger partial charge in [0.1, 0.15) is 18.2 Å². The molecular formula is C12H12N2OS. The molecule has 0 saturated carbocycles. The second-order valence-corrected chi connectivity index (χ2v) is 4.14. The van der Waals surface area contributed by atoms with Crippen molar-refractivity contribution in [2.45, 2.75) is 6.61 Å². The molecule has 0 aliphatic rings. The topological polar surface area (TPSA) is 59.1 Å². The van der Waals surface area contributed by atoms with Gasteiger partial charge in [-0.05, 0) is 46.7 Å². The molecule has 1 aromatic heterocycles. The zero-order valence-electron chi connectivity index (χ0n) is 8.64. The fraction of sp³-hybridized carbons (Fsp3) is 0.0833. The lowest BCUT2D eigenvalue weighted by atomic mass is 10.2. The molecule has 0 spiro atoms. The Balaban J connectivity index is 1.98. The maximum atomic E-state index is 7.26. The van der Waals surface area contributed by atoms with E-state index in [-0.39, 0.29) is 5.84 Å². The Morgan fingerprint density at radius 1 is 1.25 bits per heavy atom. The van der Waals surface area contributed by atoms with Crippen molar-refractivity contribution in [1.82, 2.24) is 0 Å². The standard InChI is InChI=1S/C12H12N2OS/c13-12(14)10-1-3-11(4-2-10)15-7-9-5-6-16-8-9/h1-6,8H,7H2,(H3,13,14). The minimum absolute atomic E-state index is 0.0735. The molecule has 2 rings (SSSR count). The van der Waals surface area contributed by atoms with Gasteiger partial charge in [-0.1, -0.05) is 0 Å². The Bertz CT molecular complexity index is 462. The Labute approximate surface area is 98.0 Å². The van der Waals surface area contributed by atoms with E-state index in [9.17, 15) is 0 Å². The third-order valence-corrected chi connectivity index (χ3v) is 2.88. The van der Waals surface area contributed by atoms with E-state index >= 15 is 0 Å². The molecule has 1 heterocycles. The van der Waals surface area contributed by atoms with Crippen molar-refractivity contribution in [2.24, 2.45) is 5.73 Å². The van der Waals surface area contributed by atoms with Gasteiger partial charge >= 0.3 is 0 Å². The van der Waals surface area contributed by atoms with Crippen molar-refractivity contribution in [2.75, 3.05) is 0 Å². The summed E-state index contributed by atoms with van der Waals surface area (Å²) in [5, 5.41) is 11.3. The molecule has 2 aromatic rings. The summed E-state index contributed by atoms with van der Waals surface area (Å²) in [5.74, 6) is 0.862. The molecule has 3 nitrogen and oxygen atoms in total. The molecule has 0 atom stereocenters. The number of nitrogen functional groups attached to an aromatic ring is 1. The predicted octanol–water partition coefficient (Wildman–Crippen LogP) is 2.61. The predicted molar refractivity (Wildman–Crippen MR) is 66.1 cm³/mol. The Morgan fingerprint density at radius 2 is 2.00 bits per heavy atom. The Kier molecular flexibility index (Phi) is 3.22. The SMILES string of the molecule is N=C(N)c1ccc(OCc2ccsc2)cc1. The van der Waals surface area contributed by atoms with Gasteiger partial charge in [0.05, 0.1) is 0 Å². The number of thiophene rings is 1. The molecule has 0 saturated heterocycles. The summed E-state index contributed by atoms with van der Waals surface area (Å²) in [4.78, 5) is 0. The van der Waals surface area contributed by atoms with Gasteiger partial charge in [0.25, 0.3) is 0 Å². The second-order valence-electron chi connectivity index (χ2n) is 3.36. The maximum Gasteiger partial charge on any atom is 0.122 e. The largest absolute Gasteiger partial charge is 0.489 e. The van der Waals surface area contributed by atoms with Gasteiger partial charge in [0.15, 0.2) is 0 Å². The second kappa shape index (κ2) is 4.81. The third-order valence-electron chi connectivity index (χ3n) is 2.15. The number of hydrogen-bond donors (Lipinski definition) is 2. The van der Waals surface area contributed by atoms with Crippen molar-refractivity contribution in [3.8, 4) is 5.75 Å². The lowest BCUT2D eigenvalue weighted by Gasteiger charge is -2.05. The smallest absolute Gasteiger partial charge is 0.122 e. The summed E-state index contributed by atoms with van der Waals surface area (Å²) in [5.41, 5.74) is 7.24. The lowest BCUT2D eigenvalue weighted by molar-refractivity contribution is 0.307. The Hall–Kier alpha value is -1.81. The van der Waals surface area contributed by atoms with E-state index < -0.39 is 0 Å². The minimum atomic E-state index is 0.0735. The average Bonchev–Trinajstić information content (AvgIpc) is 2.80. The van der Waals surface area contributed by atoms with E-state index in [2.05, 4.69) is 5.38 Å². The molecule has 82 valence electrons. The van der Waals surface area contributed by atoms with Crippen LogP contribution in [0.3, 0.4) is 0 Å². The average molecular weight is 232 g/mol. The van der Waals surface area contributed by atoms with Gasteiger partial charge in [0.2, 0.25) is 0 Å². The van der Waals surface area contributed by atoms with Gasteiger partial charge in [-0.2, -0.15) is 11.3 Å². The molecule has 1 aromatic carbocycles. The van der Waals surface area contributed by atoms with Crippen LogP contribution in [0.2, 0.25) is 0 Å². The molecule has 0 unspecified atom stereocenters. The van der Waals surface area contributed by atoms with E-state index in [0.717, 1.165) is 5.75 Å². The van der Waals surface area contributed by atoms with Crippen LogP contribution in [0.25, 0.3) is 0 Å². The van der Waals surface area contributed by atoms with Crippen LogP contribution < -0.4 is 10.5 Å². The van der Waals surface area contributed by atoms with Gasteiger partial charge in [-0.25, -0.2) is 0 Å². The van der Waals surface area contributed by atoms with E-state index in [1.54, 1.807) is 23.5 Å². The lowest BCUT2D eigenvalue weighted by Crippen LogP contribution is -2.10. The minimum Gasteiger partial charge on any atom is -0.489 e. The molecule has 0 amide bonds. The van der Waals surface area contributed by atoms with Crippen LogP contribution in [0.4, 0.5) is 0 Å². The summed E-state index contributed by atoms with van der Waals surface area (Å²) in [7, 11) is 0. The molecule has 0 bridgehead atoms. The summed E-state index contributed by atoms with van der Waals surface area (Å²) >= 11 is 1.66. The fourth-order valence-corrected chi connectivity index (χ4v) is 1.93. The first-order chi connectivity index (χ1) is 7.75. The highest BCUT2D eigenvalue weighted by Crippen LogP contribution is 2.15. The van der Waals surface area contributed by atoms with E-state index in [4.69, 9.17) is 15.9 Å². The number of ether oxygens (including phenoxy) is 1. The zero-order valence-corrected chi connectivity index (χ0v) is 9.46. The third kappa shape index (κ3) is 2.61. The number of benzene rings is 1. The molecule has 0 radical (unpaired) electrons. The van der Waals surface area contributed by atoms with Crippen LogP contribution in [0, 0.1) is 5.41 Å². The monoisotopic (exact) mass is 232 g/mol. The van der Waals surface area contributed by atoms with Gasteiger partial charge in [0, 0.05) is 5.56 Å². The fourth-order valence-electron chi connectivity index (χ4n) is 1.27. The van der Waals surface area contributed by atoms with Crippen molar-refractivity contribution in [3.05, 3.63) is 52.2 Å². The number of nitrogens with one attached hydrogen (secondary N) is 1. The van der Waals surface area contributed by atoms with Crippen molar-refractivity contribution < 1.29 is 4.74 Å². The Morgan fingerprint density at radius 3 is 2.56 bits per heavy atom. The quantitative estimate of drug-likeness (QED) is 0.629. The van der Waals surface area contributed by atoms with Crippen LogP contribution in [0.5, 0.6) is 5.75 Å². The first-order valence-electron chi connectivity index (χ1n) is 4.84. The highest BCUT2D eigenvalue weighted by molar-refractivity contribution is 7.07. The van der Waals surface area contributed by atoms with Crippen molar-refractivity contribution >= 4 is 17.2 Å². The first kappa shape index (κ1) is 10.7. The molecule has 3 N–H and O–H groups in total. The molecule has 4 heteroatoms. The van der Waals surface area contributed by atoms with Gasteiger partial charge in [-0.3, -0.25) is 5.41 Å². The van der Waals surface area contributed by atoms with Crippen LogP contribution in [0.15, 0.2) is 41.1 Å². The molecule has 0 aliphatic heterocycles. The maximum absolute atomic E-state index is 7.26. The molecular weight excluding hydrogens is 220 g/mol. The number of amidine groups is 1. The molecule has 0 fully saturated rings. The van der Waals surface area contributed by atoms with Crippen LogP contribution >= 0.6 is 11.3 Å². The normalized spacial score (nSPS) is 10.0. The zero-order chi connectivity index (χ0) is 11.4. The first-order valence-corrected chi connectivity index (χ1v) is 5.78. The summed E-state index contributed by atoms with van der Waals surface area (Å²) in [6.45, 7) is 0.572. The number of nitrogens with two attached hydrogens (primary N) is 1. The van der Waals surface area contributed by atoms with E-state index in [0.29, 0.717) is 12.2 Å². The summed E-state index contributed by atoms with van der Waals surface area (Å²) in [6.07, 6.45) is 0. The molecule has 16 heavy (non-hydrogen) atoms. The van der Waals surface area contributed by atoms with Crippen LogP contribution in [-0.2, 0) is 6.61 Å². The van der Waals surface area contributed by atoms with Gasteiger partial charge in [-0.15, -0.1) is 0 Å².